The van der Waals surface area contributed by atoms with Gasteiger partial charge in [0.2, 0.25) is 0 Å². The maximum Gasteiger partial charge on any atom is 0.161 e. The number of nitrogens with one attached hydrogen (secondary N) is 1. The van der Waals surface area contributed by atoms with Crippen molar-refractivity contribution < 1.29 is 13.9 Å². The molecule has 0 spiro atoms. The maximum atomic E-state index is 13.4. The van der Waals surface area contributed by atoms with Gasteiger partial charge in [0.25, 0.3) is 0 Å². The maximum absolute atomic E-state index is 13.4. The van der Waals surface area contributed by atoms with Crippen LogP contribution >= 0.6 is 15.9 Å². The molecule has 0 aromatic heterocycles. The van der Waals surface area contributed by atoms with Gasteiger partial charge in [-0.05, 0) is 53.2 Å². The topological polar surface area (TPSA) is 30.5 Å². The Hall–Kier alpha value is -1.75. The van der Waals surface area contributed by atoms with Crippen LogP contribution in [0.4, 0.5) is 10.1 Å². The Morgan fingerprint density at radius 1 is 1.10 bits per heavy atom. The molecule has 2 aromatic rings. The first-order chi connectivity index (χ1) is 10.2. The summed E-state index contributed by atoms with van der Waals surface area (Å²) < 4.78 is 25.0. The van der Waals surface area contributed by atoms with E-state index in [2.05, 4.69) is 21.2 Å². The molecule has 0 saturated heterocycles. The molecule has 112 valence electrons. The minimum atomic E-state index is -0.289. The zero-order valence-electron chi connectivity index (χ0n) is 11.7. The third-order valence-corrected chi connectivity index (χ3v) is 3.40. The summed E-state index contributed by atoms with van der Waals surface area (Å²) in [4.78, 5) is 0. The molecule has 0 unspecified atom stereocenters. The van der Waals surface area contributed by atoms with E-state index < -0.39 is 0 Å². The molecule has 0 aliphatic rings. The Morgan fingerprint density at radius 2 is 1.81 bits per heavy atom. The molecular formula is C16H17BrFNO2. The van der Waals surface area contributed by atoms with Gasteiger partial charge in [-0.3, -0.25) is 0 Å². The highest BCUT2D eigenvalue weighted by Crippen LogP contribution is 2.26. The van der Waals surface area contributed by atoms with Gasteiger partial charge in [0.15, 0.2) is 11.5 Å². The van der Waals surface area contributed by atoms with E-state index in [0.29, 0.717) is 30.0 Å². The van der Waals surface area contributed by atoms with Gasteiger partial charge in [-0.15, -0.1) is 0 Å². The first-order valence-electron chi connectivity index (χ1n) is 6.74. The molecule has 0 aliphatic carbocycles. The molecular weight excluding hydrogens is 337 g/mol. The second-order valence-corrected chi connectivity index (χ2v) is 5.14. The van der Waals surface area contributed by atoms with Crippen molar-refractivity contribution in [1.29, 1.82) is 0 Å². The molecule has 2 rings (SSSR count). The van der Waals surface area contributed by atoms with Crippen molar-refractivity contribution in [2.24, 2.45) is 0 Å². The Balaban J connectivity index is 1.83. The molecule has 1 N–H and O–H groups in total. The lowest BCUT2D eigenvalue weighted by Gasteiger charge is -2.12. The van der Waals surface area contributed by atoms with Crippen LogP contribution < -0.4 is 14.8 Å². The predicted octanol–water partition coefficient (Wildman–Crippen LogP) is 4.48. The van der Waals surface area contributed by atoms with E-state index in [4.69, 9.17) is 9.47 Å². The molecule has 0 fully saturated rings. The fourth-order valence-electron chi connectivity index (χ4n) is 1.81. The lowest BCUT2D eigenvalue weighted by atomic mass is 10.3. The van der Waals surface area contributed by atoms with Crippen LogP contribution in [0.5, 0.6) is 11.5 Å². The van der Waals surface area contributed by atoms with Crippen molar-refractivity contribution in [3.8, 4) is 11.5 Å². The van der Waals surface area contributed by atoms with Crippen LogP contribution in [0.3, 0.4) is 0 Å². The van der Waals surface area contributed by atoms with E-state index in [1.807, 2.05) is 31.2 Å². The molecule has 0 radical (unpaired) electrons. The van der Waals surface area contributed by atoms with Gasteiger partial charge in [-0.1, -0.05) is 12.1 Å². The summed E-state index contributed by atoms with van der Waals surface area (Å²) in [5.74, 6) is 1.15. The number of benzene rings is 2. The van der Waals surface area contributed by atoms with Crippen molar-refractivity contribution in [2.45, 2.75) is 6.92 Å². The van der Waals surface area contributed by atoms with E-state index >= 15 is 0 Å². The molecule has 3 nitrogen and oxygen atoms in total. The van der Waals surface area contributed by atoms with E-state index in [1.54, 1.807) is 12.1 Å². The predicted molar refractivity (Wildman–Crippen MR) is 85.7 cm³/mol. The number of anilines is 1. The van der Waals surface area contributed by atoms with Crippen LogP contribution in [0, 0.1) is 5.82 Å². The summed E-state index contributed by atoms with van der Waals surface area (Å²) in [5, 5.41) is 3.11. The summed E-state index contributed by atoms with van der Waals surface area (Å²) in [5.41, 5.74) is 0.720. The molecule has 0 bridgehead atoms. The smallest absolute Gasteiger partial charge is 0.161 e. The van der Waals surface area contributed by atoms with Crippen LogP contribution in [-0.2, 0) is 0 Å². The lowest BCUT2D eigenvalue weighted by molar-refractivity contribution is 0.284. The highest BCUT2D eigenvalue weighted by molar-refractivity contribution is 9.10. The van der Waals surface area contributed by atoms with Crippen molar-refractivity contribution >= 4 is 21.6 Å². The Labute approximate surface area is 132 Å². The SMILES string of the molecule is CCOc1ccccc1OCCNc1ccc(Br)c(F)c1. The lowest BCUT2D eigenvalue weighted by Crippen LogP contribution is -2.12. The quantitative estimate of drug-likeness (QED) is 0.744. The second-order valence-electron chi connectivity index (χ2n) is 4.28. The van der Waals surface area contributed by atoms with Gasteiger partial charge < -0.3 is 14.8 Å². The first-order valence-corrected chi connectivity index (χ1v) is 7.53. The summed E-state index contributed by atoms with van der Waals surface area (Å²) in [6.45, 7) is 3.56. The third kappa shape index (κ3) is 4.63. The molecule has 0 atom stereocenters. The number of para-hydroxylation sites is 2. The summed E-state index contributed by atoms with van der Waals surface area (Å²) in [6.07, 6.45) is 0. The number of rotatable bonds is 7. The first kappa shape index (κ1) is 15.6. The van der Waals surface area contributed by atoms with Crippen LogP contribution in [0.25, 0.3) is 0 Å². The van der Waals surface area contributed by atoms with Crippen LogP contribution in [0.2, 0.25) is 0 Å². The Morgan fingerprint density at radius 3 is 2.48 bits per heavy atom. The monoisotopic (exact) mass is 353 g/mol. The van der Waals surface area contributed by atoms with Crippen molar-refractivity contribution in [3.63, 3.8) is 0 Å². The normalized spacial score (nSPS) is 10.2. The number of hydrogen-bond donors (Lipinski definition) is 1. The molecule has 0 saturated carbocycles. The second kappa shape index (κ2) is 7.88. The van der Waals surface area contributed by atoms with Gasteiger partial charge >= 0.3 is 0 Å². The average Bonchev–Trinajstić information content (AvgIpc) is 2.49. The van der Waals surface area contributed by atoms with Gasteiger partial charge in [0.05, 0.1) is 11.1 Å². The number of ether oxygens (including phenoxy) is 2. The minimum absolute atomic E-state index is 0.289. The third-order valence-electron chi connectivity index (χ3n) is 2.76. The fourth-order valence-corrected chi connectivity index (χ4v) is 2.05. The van der Waals surface area contributed by atoms with Gasteiger partial charge in [-0.25, -0.2) is 4.39 Å². The highest BCUT2D eigenvalue weighted by Gasteiger charge is 2.03. The van der Waals surface area contributed by atoms with E-state index in [9.17, 15) is 4.39 Å². The summed E-state index contributed by atoms with van der Waals surface area (Å²) in [6, 6.07) is 12.5. The Bertz CT molecular complexity index is 592. The van der Waals surface area contributed by atoms with Crippen molar-refractivity contribution in [3.05, 3.63) is 52.8 Å². The van der Waals surface area contributed by atoms with E-state index in [0.717, 1.165) is 11.4 Å². The van der Waals surface area contributed by atoms with E-state index in [-0.39, 0.29) is 5.82 Å². The Kier molecular flexibility index (Phi) is 5.87. The number of halogens is 2. The molecule has 21 heavy (non-hydrogen) atoms. The molecule has 0 heterocycles. The van der Waals surface area contributed by atoms with Crippen LogP contribution in [0.15, 0.2) is 46.9 Å². The van der Waals surface area contributed by atoms with Crippen molar-refractivity contribution in [2.75, 3.05) is 25.1 Å². The molecule has 5 heteroatoms. The summed E-state index contributed by atoms with van der Waals surface area (Å²) >= 11 is 3.12. The minimum Gasteiger partial charge on any atom is -0.490 e. The summed E-state index contributed by atoms with van der Waals surface area (Å²) in [7, 11) is 0. The zero-order chi connectivity index (χ0) is 15.1. The zero-order valence-corrected chi connectivity index (χ0v) is 13.3. The standard InChI is InChI=1S/C16H17BrFNO2/c1-2-20-15-5-3-4-6-16(15)21-10-9-19-12-7-8-13(17)14(18)11-12/h3-8,11,19H,2,9-10H2,1H3. The van der Waals surface area contributed by atoms with Gasteiger partial charge in [0, 0.05) is 12.2 Å². The van der Waals surface area contributed by atoms with Gasteiger partial charge in [0.1, 0.15) is 12.4 Å². The average molecular weight is 354 g/mol. The van der Waals surface area contributed by atoms with Crippen LogP contribution in [0.1, 0.15) is 6.92 Å². The number of hydrogen-bond acceptors (Lipinski definition) is 3. The van der Waals surface area contributed by atoms with Crippen molar-refractivity contribution in [1.82, 2.24) is 0 Å². The van der Waals surface area contributed by atoms with Gasteiger partial charge in [-0.2, -0.15) is 0 Å². The highest BCUT2D eigenvalue weighted by atomic mass is 79.9. The van der Waals surface area contributed by atoms with Crippen LogP contribution in [-0.4, -0.2) is 19.8 Å². The van der Waals surface area contributed by atoms with E-state index in [1.165, 1.54) is 6.07 Å². The molecule has 0 aliphatic heterocycles. The molecule has 2 aromatic carbocycles. The largest absolute Gasteiger partial charge is 0.490 e. The fraction of sp³-hybridized carbons (Fsp3) is 0.250. The molecule has 0 amide bonds.